The summed E-state index contributed by atoms with van der Waals surface area (Å²) in [5.74, 6) is 1.53. The molecular formula is C20H19ClN4S. The number of fused-ring (bicyclic) bond motifs is 1. The molecule has 4 nitrogen and oxygen atoms in total. The lowest BCUT2D eigenvalue weighted by Crippen LogP contribution is -2.14. The van der Waals surface area contributed by atoms with Crippen LogP contribution in [0.1, 0.15) is 31.9 Å². The third kappa shape index (κ3) is 3.29. The second-order valence-electron chi connectivity index (χ2n) is 7.29. The normalized spacial score (nSPS) is 14.1. The minimum Gasteiger partial charge on any atom is -0.187 e. The van der Waals surface area contributed by atoms with Crippen LogP contribution in [0.4, 0.5) is 0 Å². The van der Waals surface area contributed by atoms with E-state index in [1.54, 1.807) is 11.8 Å². The topological polar surface area (TPSA) is 43.1 Å². The lowest BCUT2D eigenvalue weighted by molar-refractivity contribution is 0.590. The molecule has 2 heterocycles. The van der Waals surface area contributed by atoms with Crippen LogP contribution in [0.5, 0.6) is 0 Å². The summed E-state index contributed by atoms with van der Waals surface area (Å²) in [6.07, 6.45) is 0. The zero-order valence-corrected chi connectivity index (χ0v) is 16.5. The maximum absolute atomic E-state index is 5.99. The summed E-state index contributed by atoms with van der Waals surface area (Å²) >= 11 is 7.64. The quantitative estimate of drug-likeness (QED) is 0.607. The van der Waals surface area contributed by atoms with Crippen LogP contribution in [0, 0.1) is 0 Å². The maximum atomic E-state index is 5.99. The van der Waals surface area contributed by atoms with Gasteiger partial charge in [-0.05, 0) is 28.7 Å². The Bertz CT molecular complexity index is 967. The van der Waals surface area contributed by atoms with Crippen LogP contribution in [-0.4, -0.2) is 26.3 Å². The molecular weight excluding hydrogens is 364 g/mol. The van der Waals surface area contributed by atoms with Gasteiger partial charge in [-0.1, -0.05) is 80.5 Å². The molecule has 4 rings (SSSR count). The van der Waals surface area contributed by atoms with Gasteiger partial charge in [-0.15, -0.1) is 10.2 Å². The highest BCUT2D eigenvalue weighted by atomic mass is 35.5. The van der Waals surface area contributed by atoms with E-state index in [9.17, 15) is 0 Å². The number of benzene rings is 2. The fourth-order valence-electron chi connectivity index (χ4n) is 2.81. The number of hydrogen-bond acceptors (Lipinski definition) is 4. The van der Waals surface area contributed by atoms with E-state index >= 15 is 0 Å². The Morgan fingerprint density at radius 2 is 1.58 bits per heavy atom. The van der Waals surface area contributed by atoms with Gasteiger partial charge < -0.3 is 0 Å². The van der Waals surface area contributed by atoms with E-state index in [4.69, 9.17) is 16.7 Å². The van der Waals surface area contributed by atoms with Crippen molar-refractivity contribution in [3.05, 3.63) is 64.7 Å². The fraction of sp³-hybridized carbons (Fsp3) is 0.250. The molecule has 0 aliphatic carbocycles. The molecule has 0 saturated heterocycles. The van der Waals surface area contributed by atoms with Crippen molar-refractivity contribution in [3.8, 4) is 11.4 Å². The standard InChI is InChI=1S/C20H19ClN4S/c1-20(2,3)15-8-4-14(5-9-15)18-22-23-19-25(18)24-17(12-26-19)13-6-10-16(21)11-7-13/h4-11H,12H2,1-3H3. The number of thioether (sulfide) groups is 1. The highest BCUT2D eigenvalue weighted by Crippen LogP contribution is 2.30. The van der Waals surface area contributed by atoms with Crippen molar-refractivity contribution in [2.24, 2.45) is 5.10 Å². The molecule has 0 N–H and O–H groups in total. The Morgan fingerprint density at radius 1 is 0.923 bits per heavy atom. The molecule has 0 saturated carbocycles. The van der Waals surface area contributed by atoms with Crippen LogP contribution in [0.3, 0.4) is 0 Å². The Kier molecular flexibility index (Phi) is 4.37. The molecule has 0 bridgehead atoms. The molecule has 3 aromatic rings. The predicted octanol–water partition coefficient (Wildman–Crippen LogP) is 5.25. The zero-order chi connectivity index (χ0) is 18.3. The summed E-state index contributed by atoms with van der Waals surface area (Å²) < 4.78 is 1.84. The van der Waals surface area contributed by atoms with Gasteiger partial charge in [-0.2, -0.15) is 9.78 Å². The monoisotopic (exact) mass is 382 g/mol. The average molecular weight is 383 g/mol. The van der Waals surface area contributed by atoms with Crippen molar-refractivity contribution in [2.75, 3.05) is 5.75 Å². The number of nitrogens with zero attached hydrogens (tertiary/aromatic N) is 4. The molecule has 0 fully saturated rings. The molecule has 6 heteroatoms. The first-order chi connectivity index (χ1) is 12.4. The van der Waals surface area contributed by atoms with Gasteiger partial charge in [0.15, 0.2) is 5.82 Å². The Labute approximate surface area is 162 Å². The van der Waals surface area contributed by atoms with Crippen molar-refractivity contribution in [1.29, 1.82) is 0 Å². The van der Waals surface area contributed by atoms with Crippen LogP contribution in [-0.2, 0) is 5.41 Å². The van der Waals surface area contributed by atoms with Crippen LogP contribution < -0.4 is 0 Å². The molecule has 0 atom stereocenters. The van der Waals surface area contributed by atoms with Crippen molar-refractivity contribution >= 4 is 29.1 Å². The Hall–Kier alpha value is -2.11. The first-order valence-electron chi connectivity index (χ1n) is 8.45. The summed E-state index contributed by atoms with van der Waals surface area (Å²) in [4.78, 5) is 0. The number of rotatable bonds is 2. The van der Waals surface area contributed by atoms with Crippen molar-refractivity contribution in [2.45, 2.75) is 31.3 Å². The van der Waals surface area contributed by atoms with Gasteiger partial charge in [-0.3, -0.25) is 0 Å². The number of hydrogen-bond donors (Lipinski definition) is 0. The molecule has 1 aliphatic heterocycles. The summed E-state index contributed by atoms with van der Waals surface area (Å²) in [5.41, 5.74) is 4.48. The Balaban J connectivity index is 1.72. The molecule has 1 aliphatic rings. The SMILES string of the molecule is CC(C)(C)c1ccc(-c2nnc3n2N=C(c2ccc(Cl)cc2)CS3)cc1. The van der Waals surface area contributed by atoms with Crippen LogP contribution >= 0.6 is 23.4 Å². The fourth-order valence-corrected chi connectivity index (χ4v) is 3.78. The van der Waals surface area contributed by atoms with Crippen LogP contribution in [0.2, 0.25) is 5.02 Å². The first-order valence-corrected chi connectivity index (χ1v) is 9.81. The molecule has 1 aromatic heterocycles. The molecule has 0 spiro atoms. The van der Waals surface area contributed by atoms with Gasteiger partial charge in [0.2, 0.25) is 5.16 Å². The van der Waals surface area contributed by atoms with Crippen molar-refractivity contribution in [1.82, 2.24) is 14.9 Å². The molecule has 0 unspecified atom stereocenters. The molecule has 2 aromatic carbocycles. The van der Waals surface area contributed by atoms with Crippen molar-refractivity contribution < 1.29 is 0 Å². The smallest absolute Gasteiger partial charge is 0.187 e. The summed E-state index contributed by atoms with van der Waals surface area (Å²) in [7, 11) is 0. The zero-order valence-electron chi connectivity index (χ0n) is 14.9. The predicted molar refractivity (Wildman–Crippen MR) is 108 cm³/mol. The van der Waals surface area contributed by atoms with E-state index in [2.05, 4.69) is 55.2 Å². The minimum absolute atomic E-state index is 0.124. The minimum atomic E-state index is 0.124. The lowest BCUT2D eigenvalue weighted by Gasteiger charge is -2.19. The summed E-state index contributed by atoms with van der Waals surface area (Å²) in [6, 6.07) is 16.2. The first kappa shape index (κ1) is 17.3. The molecule has 0 radical (unpaired) electrons. The molecule has 26 heavy (non-hydrogen) atoms. The second-order valence-corrected chi connectivity index (χ2v) is 8.67. The van der Waals surface area contributed by atoms with E-state index in [-0.39, 0.29) is 5.41 Å². The third-order valence-corrected chi connectivity index (χ3v) is 5.54. The van der Waals surface area contributed by atoms with E-state index < -0.39 is 0 Å². The van der Waals surface area contributed by atoms with E-state index in [1.807, 2.05) is 28.9 Å². The highest BCUT2D eigenvalue weighted by Gasteiger charge is 2.21. The van der Waals surface area contributed by atoms with Crippen molar-refractivity contribution in [3.63, 3.8) is 0 Å². The van der Waals surface area contributed by atoms with Crippen LogP contribution in [0.25, 0.3) is 11.4 Å². The Morgan fingerprint density at radius 3 is 2.23 bits per heavy atom. The average Bonchev–Trinajstić information content (AvgIpc) is 3.05. The van der Waals surface area contributed by atoms with E-state index in [0.29, 0.717) is 0 Å². The lowest BCUT2D eigenvalue weighted by atomic mass is 9.87. The number of halogens is 1. The van der Waals surface area contributed by atoms with Gasteiger partial charge in [0.1, 0.15) is 0 Å². The molecule has 0 amide bonds. The van der Waals surface area contributed by atoms with Crippen LogP contribution in [0.15, 0.2) is 58.8 Å². The third-order valence-electron chi connectivity index (χ3n) is 4.36. The number of aromatic nitrogens is 3. The van der Waals surface area contributed by atoms with Gasteiger partial charge >= 0.3 is 0 Å². The maximum Gasteiger partial charge on any atom is 0.212 e. The van der Waals surface area contributed by atoms with Gasteiger partial charge in [-0.25, -0.2) is 0 Å². The summed E-state index contributed by atoms with van der Waals surface area (Å²) in [5, 5.41) is 15.0. The van der Waals surface area contributed by atoms with Gasteiger partial charge in [0.05, 0.1) is 5.71 Å². The van der Waals surface area contributed by atoms with E-state index in [1.165, 1.54) is 5.56 Å². The van der Waals surface area contributed by atoms with E-state index in [0.717, 1.165) is 38.6 Å². The van der Waals surface area contributed by atoms with Gasteiger partial charge in [0.25, 0.3) is 0 Å². The largest absolute Gasteiger partial charge is 0.212 e. The highest BCUT2D eigenvalue weighted by molar-refractivity contribution is 7.99. The van der Waals surface area contributed by atoms with Gasteiger partial charge in [0, 0.05) is 16.3 Å². The molecule has 132 valence electrons. The summed E-state index contributed by atoms with van der Waals surface area (Å²) in [6.45, 7) is 6.63. The second kappa shape index (κ2) is 6.56.